The number of fused-ring (bicyclic) bond motifs is 2. The Kier molecular flexibility index (Phi) is 4.14. The zero-order valence-corrected chi connectivity index (χ0v) is 16.0. The van der Waals surface area contributed by atoms with E-state index in [0.717, 1.165) is 24.4 Å². The van der Waals surface area contributed by atoms with Gasteiger partial charge in [-0.3, -0.25) is 4.98 Å². The predicted molar refractivity (Wildman–Crippen MR) is 107 cm³/mol. The monoisotopic (exact) mass is 415 g/mol. The van der Waals surface area contributed by atoms with Gasteiger partial charge in [-0.1, -0.05) is 11.3 Å². The van der Waals surface area contributed by atoms with Crippen LogP contribution in [0.25, 0.3) is 32.4 Å². The van der Waals surface area contributed by atoms with Crippen LogP contribution in [0.3, 0.4) is 0 Å². The van der Waals surface area contributed by atoms with E-state index >= 15 is 4.39 Å². The zero-order valence-electron chi connectivity index (χ0n) is 15.2. The second-order valence-corrected chi connectivity index (χ2v) is 7.60. The minimum atomic E-state index is -0.669. The molecule has 5 rings (SSSR count). The van der Waals surface area contributed by atoms with E-state index in [1.54, 1.807) is 0 Å². The first-order valence-corrected chi connectivity index (χ1v) is 9.59. The fraction of sp³-hybridized carbons (Fsp3) is 0.222. The Morgan fingerprint density at radius 2 is 2.03 bits per heavy atom. The van der Waals surface area contributed by atoms with Crippen LogP contribution in [0.4, 0.5) is 19.7 Å². The number of rotatable bonds is 4. The van der Waals surface area contributed by atoms with Gasteiger partial charge < -0.3 is 21.1 Å². The number of nitrogen functional groups attached to an aromatic ring is 1. The molecule has 1 fully saturated rings. The van der Waals surface area contributed by atoms with Crippen LogP contribution in [0, 0.1) is 11.6 Å². The highest BCUT2D eigenvalue weighted by atomic mass is 32.1. The van der Waals surface area contributed by atoms with Crippen LogP contribution in [-0.4, -0.2) is 46.2 Å². The minimum Gasteiger partial charge on any atom is -0.467 e. The molecule has 0 spiro atoms. The Morgan fingerprint density at radius 1 is 1.21 bits per heavy atom. The van der Waals surface area contributed by atoms with Crippen molar-refractivity contribution in [3.8, 4) is 17.3 Å². The summed E-state index contributed by atoms with van der Waals surface area (Å²) in [6, 6.07) is 2.89. The van der Waals surface area contributed by atoms with Gasteiger partial charge in [0, 0.05) is 24.8 Å². The number of nitrogens with two attached hydrogens (primary N) is 1. The minimum absolute atomic E-state index is 0.00446. The van der Waals surface area contributed by atoms with Gasteiger partial charge in [0.15, 0.2) is 10.9 Å². The Hall–Kier alpha value is -3.18. The largest absolute Gasteiger partial charge is 0.467 e. The van der Waals surface area contributed by atoms with Crippen molar-refractivity contribution >= 4 is 43.4 Å². The fourth-order valence-electron chi connectivity index (χ4n) is 3.19. The van der Waals surface area contributed by atoms with Gasteiger partial charge in [0.2, 0.25) is 0 Å². The Balaban J connectivity index is 1.72. The standard InChI is InChI=1S/C18H15F2N7OS/c1-28-18-26-13-9(16(27-18)24-7-4-22-5-7)6-23-12(11(13)20)8-2-3-10(19)15-14(8)25-17(21)29-15/h2-3,6-7,22H,4-5H2,1H3,(H2,21,25)(H,24,26,27). The van der Waals surface area contributed by atoms with Crippen LogP contribution >= 0.6 is 11.3 Å². The molecular formula is C18H15F2N7OS. The smallest absolute Gasteiger partial charge is 0.318 e. The Labute approximate surface area is 167 Å². The maximum absolute atomic E-state index is 15.5. The topological polar surface area (TPSA) is 111 Å². The molecule has 0 radical (unpaired) electrons. The van der Waals surface area contributed by atoms with Crippen LogP contribution in [-0.2, 0) is 0 Å². The van der Waals surface area contributed by atoms with Crippen molar-refractivity contribution in [1.82, 2.24) is 25.3 Å². The van der Waals surface area contributed by atoms with E-state index in [4.69, 9.17) is 10.5 Å². The van der Waals surface area contributed by atoms with Gasteiger partial charge in [-0.25, -0.2) is 13.8 Å². The highest BCUT2D eigenvalue weighted by molar-refractivity contribution is 7.22. The fourth-order valence-corrected chi connectivity index (χ4v) is 3.96. The van der Waals surface area contributed by atoms with E-state index in [9.17, 15) is 4.39 Å². The molecule has 29 heavy (non-hydrogen) atoms. The number of nitrogens with zero attached hydrogens (tertiary/aromatic N) is 4. The molecule has 4 aromatic rings. The zero-order chi connectivity index (χ0) is 20.1. The molecule has 1 saturated heterocycles. The third-order valence-corrected chi connectivity index (χ3v) is 5.63. The average molecular weight is 415 g/mol. The van der Waals surface area contributed by atoms with Gasteiger partial charge in [-0.2, -0.15) is 9.97 Å². The second kappa shape index (κ2) is 6.71. The molecule has 4 N–H and O–H groups in total. The summed E-state index contributed by atoms with van der Waals surface area (Å²) in [5.74, 6) is -0.695. The molecule has 0 amide bonds. The maximum atomic E-state index is 15.5. The normalized spacial score (nSPS) is 14.3. The quantitative estimate of drug-likeness (QED) is 0.466. The maximum Gasteiger partial charge on any atom is 0.318 e. The molecule has 1 aliphatic rings. The number of pyridine rings is 1. The summed E-state index contributed by atoms with van der Waals surface area (Å²) in [5, 5.41) is 7.01. The molecule has 148 valence electrons. The molecule has 0 saturated carbocycles. The van der Waals surface area contributed by atoms with E-state index in [0.29, 0.717) is 16.8 Å². The number of nitrogens with one attached hydrogen (secondary N) is 2. The first-order valence-electron chi connectivity index (χ1n) is 8.77. The lowest BCUT2D eigenvalue weighted by Crippen LogP contribution is -2.51. The van der Waals surface area contributed by atoms with Crippen molar-refractivity contribution in [3.63, 3.8) is 0 Å². The molecule has 11 heteroatoms. The number of anilines is 2. The second-order valence-electron chi connectivity index (χ2n) is 6.57. The van der Waals surface area contributed by atoms with Crippen molar-refractivity contribution < 1.29 is 13.5 Å². The SMILES string of the molecule is COc1nc(NC2CNC2)c2cnc(-c3ccc(F)c4sc(N)nc34)c(F)c2n1. The van der Waals surface area contributed by atoms with Gasteiger partial charge in [0.05, 0.1) is 28.8 Å². The summed E-state index contributed by atoms with van der Waals surface area (Å²) >= 11 is 1.00. The van der Waals surface area contributed by atoms with Crippen LogP contribution < -0.4 is 21.1 Å². The van der Waals surface area contributed by atoms with Crippen molar-refractivity contribution in [2.45, 2.75) is 6.04 Å². The molecule has 8 nitrogen and oxygen atoms in total. The number of hydrogen-bond acceptors (Lipinski definition) is 9. The van der Waals surface area contributed by atoms with Gasteiger partial charge in [0.25, 0.3) is 0 Å². The lowest BCUT2D eigenvalue weighted by molar-refractivity contribution is 0.381. The predicted octanol–water partition coefficient (Wildman–Crippen LogP) is 2.55. The van der Waals surface area contributed by atoms with Crippen LogP contribution in [0.5, 0.6) is 6.01 Å². The summed E-state index contributed by atoms with van der Waals surface area (Å²) in [4.78, 5) is 16.9. The highest BCUT2D eigenvalue weighted by Crippen LogP contribution is 2.37. The van der Waals surface area contributed by atoms with Gasteiger partial charge in [-0.05, 0) is 12.1 Å². The molecule has 0 atom stereocenters. The van der Waals surface area contributed by atoms with E-state index < -0.39 is 11.6 Å². The summed E-state index contributed by atoms with van der Waals surface area (Å²) < 4.78 is 35.0. The number of ether oxygens (including phenoxy) is 1. The highest BCUT2D eigenvalue weighted by Gasteiger charge is 2.23. The van der Waals surface area contributed by atoms with Crippen LogP contribution in [0.1, 0.15) is 0 Å². The van der Waals surface area contributed by atoms with Crippen molar-refractivity contribution in [3.05, 3.63) is 30.0 Å². The number of thiazole rings is 1. The number of hydrogen-bond donors (Lipinski definition) is 3. The molecule has 4 heterocycles. The first-order chi connectivity index (χ1) is 14.0. The van der Waals surface area contributed by atoms with E-state index in [2.05, 4.69) is 30.6 Å². The summed E-state index contributed by atoms with van der Waals surface area (Å²) in [7, 11) is 1.41. The summed E-state index contributed by atoms with van der Waals surface area (Å²) in [5.41, 5.74) is 6.39. The summed E-state index contributed by atoms with van der Waals surface area (Å²) in [6.45, 7) is 1.56. The Bertz CT molecular complexity index is 1260. The lowest BCUT2D eigenvalue weighted by Gasteiger charge is -2.28. The molecule has 1 aromatic carbocycles. The van der Waals surface area contributed by atoms with Crippen molar-refractivity contribution in [2.75, 3.05) is 31.2 Å². The third kappa shape index (κ3) is 2.89. The molecule has 0 unspecified atom stereocenters. The molecular weight excluding hydrogens is 400 g/mol. The van der Waals surface area contributed by atoms with Gasteiger partial charge in [0.1, 0.15) is 22.8 Å². The molecule has 3 aromatic heterocycles. The van der Waals surface area contributed by atoms with E-state index in [1.165, 1.54) is 25.4 Å². The van der Waals surface area contributed by atoms with E-state index in [-0.39, 0.29) is 38.6 Å². The van der Waals surface area contributed by atoms with Crippen molar-refractivity contribution in [2.24, 2.45) is 0 Å². The summed E-state index contributed by atoms with van der Waals surface area (Å²) in [6.07, 6.45) is 1.49. The van der Waals surface area contributed by atoms with Gasteiger partial charge >= 0.3 is 6.01 Å². The van der Waals surface area contributed by atoms with Gasteiger partial charge in [-0.15, -0.1) is 0 Å². The molecule has 0 bridgehead atoms. The van der Waals surface area contributed by atoms with E-state index in [1.807, 2.05) is 0 Å². The average Bonchev–Trinajstić information content (AvgIpc) is 3.08. The number of halogens is 2. The number of methoxy groups -OCH3 is 1. The van der Waals surface area contributed by atoms with Crippen molar-refractivity contribution in [1.29, 1.82) is 0 Å². The third-order valence-electron chi connectivity index (χ3n) is 4.74. The number of benzene rings is 1. The number of aromatic nitrogens is 4. The molecule has 1 aliphatic heterocycles. The Morgan fingerprint density at radius 3 is 2.76 bits per heavy atom. The van der Waals surface area contributed by atoms with Crippen LogP contribution in [0.2, 0.25) is 0 Å². The van der Waals surface area contributed by atoms with Crippen LogP contribution in [0.15, 0.2) is 18.3 Å². The lowest BCUT2D eigenvalue weighted by atomic mass is 10.1. The first kappa shape index (κ1) is 17.9. The molecule has 0 aliphatic carbocycles.